The Labute approximate surface area is 215 Å². The van der Waals surface area contributed by atoms with Gasteiger partial charge in [-0.1, -0.05) is 63.2 Å². The van der Waals surface area contributed by atoms with Crippen molar-refractivity contribution in [2.45, 2.75) is 46.1 Å². The minimum Gasteiger partial charge on any atom is -0.452 e. The summed E-state index contributed by atoms with van der Waals surface area (Å²) in [5, 5.41) is 2.61. The zero-order valence-electron chi connectivity index (χ0n) is 20.9. The van der Waals surface area contributed by atoms with Crippen LogP contribution in [-0.2, 0) is 9.53 Å². The number of rotatable bonds is 4. The molecule has 1 amide bonds. The molecule has 4 aromatic rings. The van der Waals surface area contributed by atoms with Crippen LogP contribution in [-0.4, -0.2) is 41.0 Å². The van der Waals surface area contributed by atoms with Crippen molar-refractivity contribution in [1.29, 1.82) is 0 Å². The van der Waals surface area contributed by atoms with Crippen LogP contribution in [0.5, 0.6) is 0 Å². The van der Waals surface area contributed by atoms with Crippen molar-refractivity contribution in [2.24, 2.45) is 10.8 Å². The maximum absolute atomic E-state index is 13.3. The smallest absolute Gasteiger partial charge is 0.339 e. The quantitative estimate of drug-likeness (QED) is 0.294. The minimum atomic E-state index is -0.477. The van der Waals surface area contributed by atoms with Crippen LogP contribution < -0.4 is 0 Å². The van der Waals surface area contributed by atoms with Gasteiger partial charge >= 0.3 is 5.97 Å². The number of thiazole rings is 1. The number of esters is 1. The Hall–Kier alpha value is -3.25. The first-order valence-electron chi connectivity index (χ1n) is 12.6. The van der Waals surface area contributed by atoms with E-state index in [-0.39, 0.29) is 24.0 Å². The zero-order chi connectivity index (χ0) is 25.1. The summed E-state index contributed by atoms with van der Waals surface area (Å²) in [6.07, 6.45) is 3.15. The Morgan fingerprint density at radius 3 is 2.64 bits per heavy atom. The van der Waals surface area contributed by atoms with E-state index in [1.165, 1.54) is 0 Å². The van der Waals surface area contributed by atoms with Gasteiger partial charge in [-0.2, -0.15) is 0 Å². The van der Waals surface area contributed by atoms with Crippen molar-refractivity contribution in [2.75, 3.05) is 13.2 Å². The van der Waals surface area contributed by atoms with Gasteiger partial charge in [-0.05, 0) is 53.7 Å². The number of ether oxygens (including phenoxy) is 1. The number of nitrogens with zero attached hydrogens (tertiary/aromatic N) is 2. The van der Waals surface area contributed by atoms with E-state index in [1.54, 1.807) is 17.4 Å². The van der Waals surface area contributed by atoms with Crippen LogP contribution in [0, 0.1) is 10.8 Å². The third kappa shape index (κ3) is 3.88. The molecule has 0 radical (unpaired) electrons. The van der Waals surface area contributed by atoms with E-state index >= 15 is 0 Å². The van der Waals surface area contributed by atoms with Crippen molar-refractivity contribution < 1.29 is 14.3 Å². The topological polar surface area (TPSA) is 59.5 Å². The summed E-state index contributed by atoms with van der Waals surface area (Å²) in [5.41, 5.74) is 2.68. The molecule has 2 unspecified atom stereocenters. The summed E-state index contributed by atoms with van der Waals surface area (Å²) in [7, 11) is 0. The lowest BCUT2D eigenvalue weighted by Crippen LogP contribution is -2.49. The molecule has 184 valence electrons. The molecule has 0 N–H and O–H groups in total. The summed E-state index contributed by atoms with van der Waals surface area (Å²) in [5.74, 6) is -0.577. The second kappa shape index (κ2) is 8.41. The standard InChI is InChI=1S/C30H30N2O3S/c1-29(2)18-30(3)14-15-32(24(29)16-30)25(33)17-35-28(34)21-11-7-9-19-8-6-10-20(26(19)21)27-31-22-12-4-5-13-23(22)36-27/h4-13,24H,14-18H2,1-3H3. The largest absolute Gasteiger partial charge is 0.452 e. The molecule has 36 heavy (non-hydrogen) atoms. The SMILES string of the molecule is CC12CCN(C(=O)COC(=O)c3cccc4cccc(-c5nc6ccccc6s5)c34)C(C1)C(C)(C)C2. The molecule has 5 nitrogen and oxygen atoms in total. The number of amides is 1. The fourth-order valence-electron chi connectivity index (χ4n) is 6.56. The highest BCUT2D eigenvalue weighted by Crippen LogP contribution is 2.55. The average Bonchev–Trinajstić information content (AvgIpc) is 3.37. The molecule has 2 atom stereocenters. The molecule has 1 saturated carbocycles. The van der Waals surface area contributed by atoms with Crippen LogP contribution in [0.3, 0.4) is 0 Å². The Kier molecular flexibility index (Phi) is 5.41. The third-order valence-corrected chi connectivity index (χ3v) is 9.17. The first kappa shape index (κ1) is 23.2. The number of benzene rings is 3. The number of hydrogen-bond acceptors (Lipinski definition) is 5. The first-order valence-corrected chi connectivity index (χ1v) is 13.4. The molecule has 1 aliphatic carbocycles. The van der Waals surface area contributed by atoms with Crippen molar-refractivity contribution >= 4 is 44.2 Å². The minimum absolute atomic E-state index is 0.0761. The molecule has 1 aliphatic heterocycles. The lowest BCUT2D eigenvalue weighted by molar-refractivity contribution is -0.140. The molecule has 3 aromatic carbocycles. The van der Waals surface area contributed by atoms with Gasteiger partial charge in [0.25, 0.3) is 5.91 Å². The molecular weight excluding hydrogens is 468 g/mol. The summed E-state index contributed by atoms with van der Waals surface area (Å²) in [6, 6.07) is 19.8. The fourth-order valence-corrected chi connectivity index (χ4v) is 7.56. The first-order chi connectivity index (χ1) is 17.2. The number of fused-ring (bicyclic) bond motifs is 4. The Balaban J connectivity index is 1.27. The highest BCUT2D eigenvalue weighted by atomic mass is 32.1. The lowest BCUT2D eigenvalue weighted by atomic mass is 9.81. The van der Waals surface area contributed by atoms with Gasteiger partial charge in [0.05, 0.1) is 15.8 Å². The molecule has 2 heterocycles. The lowest BCUT2D eigenvalue weighted by Gasteiger charge is -2.40. The third-order valence-electron chi connectivity index (χ3n) is 8.10. The highest BCUT2D eigenvalue weighted by Gasteiger charge is 2.53. The molecule has 1 aromatic heterocycles. The molecule has 0 spiro atoms. The van der Waals surface area contributed by atoms with Gasteiger partial charge in [-0.3, -0.25) is 4.79 Å². The van der Waals surface area contributed by atoms with Gasteiger partial charge in [0.2, 0.25) is 0 Å². The Morgan fingerprint density at radius 2 is 1.83 bits per heavy atom. The highest BCUT2D eigenvalue weighted by molar-refractivity contribution is 7.21. The maximum atomic E-state index is 13.3. The van der Waals surface area contributed by atoms with Gasteiger partial charge in [0.1, 0.15) is 5.01 Å². The molecule has 2 bridgehead atoms. The molecule has 2 fully saturated rings. The van der Waals surface area contributed by atoms with Crippen molar-refractivity contribution in [3.05, 3.63) is 66.2 Å². The number of carbonyl (C=O) groups excluding carboxylic acids is 2. The monoisotopic (exact) mass is 498 g/mol. The van der Waals surface area contributed by atoms with Crippen LogP contribution in [0.4, 0.5) is 0 Å². The van der Waals surface area contributed by atoms with Crippen LogP contribution in [0.15, 0.2) is 60.7 Å². The number of likely N-dealkylation sites (tertiary alicyclic amines) is 1. The summed E-state index contributed by atoms with van der Waals surface area (Å²) >= 11 is 1.60. The normalized spacial score (nSPS) is 22.8. The predicted octanol–water partition coefficient (Wildman–Crippen LogP) is 6.70. The number of carbonyl (C=O) groups is 2. The number of para-hydroxylation sites is 1. The second-order valence-corrected chi connectivity index (χ2v) is 12.3. The van der Waals surface area contributed by atoms with Crippen molar-refractivity contribution in [3.8, 4) is 10.6 Å². The van der Waals surface area contributed by atoms with Gasteiger partial charge < -0.3 is 9.64 Å². The molecule has 6 rings (SSSR count). The van der Waals surface area contributed by atoms with E-state index in [0.29, 0.717) is 11.0 Å². The average molecular weight is 499 g/mol. The van der Waals surface area contributed by atoms with Crippen LogP contribution >= 0.6 is 11.3 Å². The van der Waals surface area contributed by atoms with E-state index in [4.69, 9.17) is 9.72 Å². The predicted molar refractivity (Wildman–Crippen MR) is 144 cm³/mol. The van der Waals surface area contributed by atoms with Gasteiger partial charge in [-0.25, -0.2) is 9.78 Å². The number of aromatic nitrogens is 1. The van der Waals surface area contributed by atoms with E-state index < -0.39 is 5.97 Å². The maximum Gasteiger partial charge on any atom is 0.339 e. The Morgan fingerprint density at radius 1 is 1.06 bits per heavy atom. The van der Waals surface area contributed by atoms with E-state index in [1.807, 2.05) is 53.4 Å². The van der Waals surface area contributed by atoms with Crippen LogP contribution in [0.2, 0.25) is 0 Å². The van der Waals surface area contributed by atoms with Gasteiger partial charge in [0, 0.05) is 23.5 Å². The molecular formula is C30H30N2O3S. The zero-order valence-corrected chi connectivity index (χ0v) is 21.7. The number of hydrogen-bond donors (Lipinski definition) is 0. The number of piperidine rings is 1. The van der Waals surface area contributed by atoms with Crippen molar-refractivity contribution in [1.82, 2.24) is 9.88 Å². The van der Waals surface area contributed by atoms with Crippen molar-refractivity contribution in [3.63, 3.8) is 0 Å². The van der Waals surface area contributed by atoms with E-state index in [0.717, 1.165) is 57.4 Å². The summed E-state index contributed by atoms with van der Waals surface area (Å²) in [6.45, 7) is 7.33. The van der Waals surface area contributed by atoms with Crippen LogP contribution in [0.25, 0.3) is 31.6 Å². The Bertz CT molecular complexity index is 1470. The fraction of sp³-hybridized carbons (Fsp3) is 0.367. The molecule has 1 saturated heterocycles. The second-order valence-electron chi connectivity index (χ2n) is 11.3. The summed E-state index contributed by atoms with van der Waals surface area (Å²) < 4.78 is 6.75. The van der Waals surface area contributed by atoms with E-state index in [9.17, 15) is 9.59 Å². The van der Waals surface area contributed by atoms with E-state index in [2.05, 4.69) is 26.8 Å². The van der Waals surface area contributed by atoms with Gasteiger partial charge in [-0.15, -0.1) is 11.3 Å². The van der Waals surface area contributed by atoms with Crippen LogP contribution in [0.1, 0.15) is 50.4 Å². The molecule has 2 aliphatic rings. The molecule has 6 heteroatoms. The summed E-state index contributed by atoms with van der Waals surface area (Å²) in [4.78, 5) is 33.3. The van der Waals surface area contributed by atoms with Gasteiger partial charge in [0.15, 0.2) is 6.61 Å².